The molecule has 2 N–H and O–H groups in total. The fraction of sp³-hybridized carbons (Fsp3) is 0.500. The summed E-state index contributed by atoms with van der Waals surface area (Å²) >= 11 is 4.95. The molecule has 0 amide bonds. The van der Waals surface area contributed by atoms with Gasteiger partial charge in [0.1, 0.15) is 18.0 Å². The molecule has 0 aliphatic heterocycles. The average molecular weight is 321 g/mol. The number of hydrogen-bond donors (Lipinski definition) is 2. The summed E-state index contributed by atoms with van der Waals surface area (Å²) in [6.07, 6.45) is -6.53. The van der Waals surface area contributed by atoms with Gasteiger partial charge < -0.3 is 15.2 Å². The van der Waals surface area contributed by atoms with E-state index in [1.165, 1.54) is 39.2 Å². The molecule has 1 aromatic rings. The molecule has 0 unspecified atom stereocenters. The van der Waals surface area contributed by atoms with Gasteiger partial charge in [-0.1, -0.05) is 30.4 Å². The maximum Gasteiger partial charge on any atom is 0.266 e. The number of alkyl halides is 2. The minimum atomic E-state index is -3.03. The Balaban J connectivity index is 3.38. The number of nitrogens with one attached hydrogen (secondary N) is 1. The van der Waals surface area contributed by atoms with E-state index in [9.17, 15) is 18.3 Å². The molecule has 3 atom stereocenters. The predicted octanol–water partition coefficient (Wildman–Crippen LogP) is 2.62. The molecule has 0 saturated heterocycles. The summed E-state index contributed by atoms with van der Waals surface area (Å²) in [5.41, 5.74) is -1.36. The van der Waals surface area contributed by atoms with Crippen molar-refractivity contribution < 1.29 is 23.0 Å². The van der Waals surface area contributed by atoms with Crippen molar-refractivity contribution in [1.82, 2.24) is 5.32 Å². The maximum absolute atomic E-state index is 14.1. The Morgan fingerprint density at radius 1 is 1.38 bits per heavy atom. The number of hydrogen-bond acceptors (Lipinski definition) is 3. The fourth-order valence-electron chi connectivity index (χ4n) is 2.39. The summed E-state index contributed by atoms with van der Waals surface area (Å²) in [6, 6.07) is 5.69. The van der Waals surface area contributed by atoms with E-state index in [2.05, 4.69) is 5.32 Å². The van der Waals surface area contributed by atoms with Crippen molar-refractivity contribution in [3.63, 3.8) is 0 Å². The van der Waals surface area contributed by atoms with Crippen LogP contribution in [0, 0.1) is 5.82 Å². The van der Waals surface area contributed by atoms with Gasteiger partial charge in [0.05, 0.1) is 10.5 Å². The molecule has 3 nitrogen and oxygen atoms in total. The predicted molar refractivity (Wildman–Crippen MR) is 78.0 cm³/mol. The number of aliphatic hydroxyl groups is 1. The minimum absolute atomic E-state index is 0.0840. The summed E-state index contributed by atoms with van der Waals surface area (Å²) in [5, 5.41) is 12.5. The molecule has 21 heavy (non-hydrogen) atoms. The van der Waals surface area contributed by atoms with E-state index >= 15 is 0 Å². The summed E-state index contributed by atoms with van der Waals surface area (Å²) in [5.74, 6) is -0.604. The normalized spacial score (nSPS) is 17.1. The van der Waals surface area contributed by atoms with Crippen LogP contribution in [0.4, 0.5) is 13.2 Å². The number of aliphatic hydroxyl groups excluding tert-OH is 1. The van der Waals surface area contributed by atoms with Gasteiger partial charge in [-0.2, -0.15) is 0 Å². The molecule has 0 heterocycles. The molecule has 0 aromatic heterocycles. The number of thiocarbonyl (C=S) groups is 1. The number of benzene rings is 1. The van der Waals surface area contributed by atoms with Crippen LogP contribution in [0.5, 0.6) is 0 Å². The maximum atomic E-state index is 14.1. The first-order chi connectivity index (χ1) is 9.74. The standard InChI is InChI=1S/C14H18F3NO2S/c1-8(21)18-14(2,9-6-4-5-7-10(9)15)12(20-3)11(19)13(16)17/h4-7,11-13,19H,1-3H3,(H,18,21)/t11-,12-,14+/m0/s1. The lowest BCUT2D eigenvalue weighted by atomic mass is 9.83. The summed E-state index contributed by atoms with van der Waals surface area (Å²) in [7, 11) is 1.18. The SMILES string of the molecule is CO[C@@H]([C@H](O)C(F)F)[C@](C)(NC(C)=S)c1ccccc1F. The van der Waals surface area contributed by atoms with Gasteiger partial charge in [0.15, 0.2) is 0 Å². The van der Waals surface area contributed by atoms with Gasteiger partial charge >= 0.3 is 0 Å². The molecule has 0 aliphatic carbocycles. The highest BCUT2D eigenvalue weighted by atomic mass is 32.1. The molecule has 0 spiro atoms. The van der Waals surface area contributed by atoms with E-state index in [4.69, 9.17) is 17.0 Å². The minimum Gasteiger partial charge on any atom is -0.384 e. The largest absolute Gasteiger partial charge is 0.384 e. The van der Waals surface area contributed by atoms with Crippen LogP contribution in [-0.4, -0.2) is 35.8 Å². The fourth-order valence-corrected chi connectivity index (χ4v) is 2.60. The van der Waals surface area contributed by atoms with Crippen LogP contribution >= 0.6 is 12.2 Å². The third kappa shape index (κ3) is 3.93. The van der Waals surface area contributed by atoms with Crippen molar-refractivity contribution in [1.29, 1.82) is 0 Å². The van der Waals surface area contributed by atoms with Crippen molar-refractivity contribution in [2.75, 3.05) is 7.11 Å². The molecule has 0 aliphatic rings. The summed E-state index contributed by atoms with van der Waals surface area (Å²) in [4.78, 5) is 0.268. The van der Waals surface area contributed by atoms with Crippen LogP contribution in [0.25, 0.3) is 0 Å². The Labute approximate surface area is 127 Å². The van der Waals surface area contributed by atoms with Gasteiger partial charge in [-0.3, -0.25) is 0 Å². The van der Waals surface area contributed by atoms with E-state index in [0.717, 1.165) is 0 Å². The lowest BCUT2D eigenvalue weighted by Gasteiger charge is -2.40. The summed E-state index contributed by atoms with van der Waals surface area (Å²) in [6.45, 7) is 3.00. The van der Waals surface area contributed by atoms with Crippen LogP contribution < -0.4 is 5.32 Å². The first-order valence-corrected chi connectivity index (χ1v) is 6.67. The van der Waals surface area contributed by atoms with Crippen LogP contribution in [0.2, 0.25) is 0 Å². The van der Waals surface area contributed by atoms with Crippen molar-refractivity contribution in [2.24, 2.45) is 0 Å². The Bertz CT molecular complexity index is 501. The van der Waals surface area contributed by atoms with Crippen LogP contribution in [0.3, 0.4) is 0 Å². The third-order valence-electron chi connectivity index (χ3n) is 3.26. The molecule has 0 saturated carbocycles. The van der Waals surface area contributed by atoms with E-state index in [0.29, 0.717) is 0 Å². The van der Waals surface area contributed by atoms with Crippen molar-refractivity contribution in [3.8, 4) is 0 Å². The Kier molecular flexibility index (Phi) is 6.12. The first-order valence-electron chi connectivity index (χ1n) is 6.26. The lowest BCUT2D eigenvalue weighted by molar-refractivity contribution is -0.119. The number of halogens is 3. The van der Waals surface area contributed by atoms with Crippen molar-refractivity contribution in [3.05, 3.63) is 35.6 Å². The van der Waals surface area contributed by atoms with Gasteiger partial charge in [0.25, 0.3) is 6.43 Å². The highest BCUT2D eigenvalue weighted by Crippen LogP contribution is 2.32. The van der Waals surface area contributed by atoms with Crippen LogP contribution in [0.1, 0.15) is 19.4 Å². The Morgan fingerprint density at radius 3 is 2.38 bits per heavy atom. The molecule has 1 rings (SSSR count). The van der Waals surface area contributed by atoms with Gasteiger partial charge in [0, 0.05) is 12.7 Å². The molecule has 7 heteroatoms. The third-order valence-corrected chi connectivity index (χ3v) is 3.36. The van der Waals surface area contributed by atoms with E-state index in [-0.39, 0.29) is 10.6 Å². The lowest BCUT2D eigenvalue weighted by Crippen LogP contribution is -2.58. The van der Waals surface area contributed by atoms with Crippen molar-refractivity contribution >= 4 is 17.2 Å². The second-order valence-corrected chi connectivity index (χ2v) is 5.46. The Morgan fingerprint density at radius 2 is 1.95 bits per heavy atom. The highest BCUT2D eigenvalue weighted by Gasteiger charge is 2.45. The molecule has 0 fully saturated rings. The van der Waals surface area contributed by atoms with Crippen LogP contribution in [-0.2, 0) is 10.3 Å². The molecule has 0 bridgehead atoms. The summed E-state index contributed by atoms with van der Waals surface area (Å²) < 4.78 is 44.8. The smallest absolute Gasteiger partial charge is 0.266 e. The number of ether oxygens (including phenoxy) is 1. The van der Waals surface area contributed by atoms with E-state index in [1.807, 2.05) is 0 Å². The molecular formula is C14H18F3NO2S. The average Bonchev–Trinajstić information content (AvgIpc) is 2.38. The van der Waals surface area contributed by atoms with E-state index in [1.54, 1.807) is 6.07 Å². The highest BCUT2D eigenvalue weighted by molar-refractivity contribution is 7.80. The molecular weight excluding hydrogens is 303 g/mol. The van der Waals surface area contributed by atoms with Gasteiger partial charge in [-0.25, -0.2) is 13.2 Å². The molecule has 0 radical (unpaired) electrons. The zero-order valence-corrected chi connectivity index (χ0v) is 12.8. The Hall–Kier alpha value is -1.18. The first kappa shape index (κ1) is 17.9. The number of rotatable bonds is 6. The molecule has 1 aromatic carbocycles. The van der Waals surface area contributed by atoms with E-state index < -0.39 is 30.0 Å². The topological polar surface area (TPSA) is 41.5 Å². The van der Waals surface area contributed by atoms with Gasteiger partial charge in [-0.15, -0.1) is 0 Å². The second kappa shape index (κ2) is 7.20. The quantitative estimate of drug-likeness (QED) is 0.791. The van der Waals surface area contributed by atoms with Crippen LogP contribution in [0.15, 0.2) is 24.3 Å². The second-order valence-electron chi connectivity index (χ2n) is 4.84. The number of methoxy groups -OCH3 is 1. The van der Waals surface area contributed by atoms with Gasteiger partial charge in [0.2, 0.25) is 0 Å². The zero-order chi connectivity index (χ0) is 16.2. The zero-order valence-electron chi connectivity index (χ0n) is 11.9. The van der Waals surface area contributed by atoms with Gasteiger partial charge in [-0.05, 0) is 19.9 Å². The monoisotopic (exact) mass is 321 g/mol. The molecule has 118 valence electrons. The van der Waals surface area contributed by atoms with Crippen molar-refractivity contribution in [2.45, 2.75) is 38.0 Å².